The maximum atomic E-state index is 12.0. The number of carbonyl (C=O) groups excluding carboxylic acids is 1. The van der Waals surface area contributed by atoms with Gasteiger partial charge in [-0.15, -0.1) is 11.3 Å². The molecule has 0 aliphatic heterocycles. The quantitative estimate of drug-likeness (QED) is 0.795. The Balaban J connectivity index is 1.95. The molecule has 2 rings (SSSR count). The van der Waals surface area contributed by atoms with Crippen LogP contribution in [-0.4, -0.2) is 27.7 Å². The fourth-order valence-corrected chi connectivity index (χ4v) is 2.67. The zero-order valence-electron chi connectivity index (χ0n) is 12.9. The van der Waals surface area contributed by atoms with Gasteiger partial charge in [-0.05, 0) is 39.1 Å². The molecule has 0 bridgehead atoms. The van der Waals surface area contributed by atoms with Gasteiger partial charge < -0.3 is 10.6 Å². The van der Waals surface area contributed by atoms with Crippen molar-refractivity contribution in [3.05, 3.63) is 29.3 Å². The highest BCUT2D eigenvalue weighted by Crippen LogP contribution is 2.25. The van der Waals surface area contributed by atoms with E-state index in [9.17, 15) is 4.79 Å². The van der Waals surface area contributed by atoms with E-state index in [0.29, 0.717) is 6.54 Å². The van der Waals surface area contributed by atoms with Gasteiger partial charge in [0.05, 0.1) is 22.8 Å². The van der Waals surface area contributed by atoms with Crippen molar-refractivity contribution in [1.29, 1.82) is 0 Å². The first-order valence-electron chi connectivity index (χ1n) is 6.98. The smallest absolute Gasteiger partial charge is 0.237 e. The number of amides is 1. The summed E-state index contributed by atoms with van der Waals surface area (Å²) in [6.45, 7) is 8.39. The molecule has 0 radical (unpaired) electrons. The molecule has 0 saturated carbocycles. The van der Waals surface area contributed by atoms with Gasteiger partial charge in [0.2, 0.25) is 5.91 Å². The molecule has 2 aromatic heterocycles. The zero-order chi connectivity index (χ0) is 15.5. The molecule has 0 aliphatic rings. The van der Waals surface area contributed by atoms with Crippen LogP contribution < -0.4 is 10.6 Å². The van der Waals surface area contributed by atoms with E-state index in [4.69, 9.17) is 0 Å². The van der Waals surface area contributed by atoms with Gasteiger partial charge in [-0.1, -0.05) is 6.07 Å². The Morgan fingerprint density at radius 2 is 2.24 bits per heavy atom. The number of H-pyrrole nitrogens is 1. The molecule has 2 heterocycles. The molecule has 0 spiro atoms. The van der Waals surface area contributed by atoms with Crippen molar-refractivity contribution >= 4 is 17.2 Å². The van der Waals surface area contributed by atoms with E-state index in [1.807, 2.05) is 39.1 Å². The molecule has 1 amide bonds. The number of nitrogens with one attached hydrogen (secondary N) is 3. The Morgan fingerprint density at radius 1 is 1.48 bits per heavy atom. The van der Waals surface area contributed by atoms with Gasteiger partial charge in [-0.3, -0.25) is 9.89 Å². The lowest BCUT2D eigenvalue weighted by Gasteiger charge is -2.23. The SMILES string of the molecule is CC(NCc1cn[nH]c1-c1cccs1)C(=O)NC(C)(C)C. The predicted molar refractivity (Wildman–Crippen MR) is 86.1 cm³/mol. The summed E-state index contributed by atoms with van der Waals surface area (Å²) in [6.07, 6.45) is 1.80. The van der Waals surface area contributed by atoms with Gasteiger partial charge in [0, 0.05) is 17.6 Å². The summed E-state index contributed by atoms with van der Waals surface area (Å²) >= 11 is 1.66. The Hall–Kier alpha value is -1.66. The van der Waals surface area contributed by atoms with E-state index >= 15 is 0 Å². The molecule has 5 nitrogen and oxygen atoms in total. The molecule has 0 saturated heterocycles. The van der Waals surface area contributed by atoms with Gasteiger partial charge in [0.25, 0.3) is 0 Å². The van der Waals surface area contributed by atoms with Gasteiger partial charge in [0.1, 0.15) is 0 Å². The first-order valence-corrected chi connectivity index (χ1v) is 7.86. The average molecular weight is 306 g/mol. The molecular weight excluding hydrogens is 284 g/mol. The Kier molecular flexibility index (Phi) is 4.80. The Morgan fingerprint density at radius 3 is 2.86 bits per heavy atom. The van der Waals surface area contributed by atoms with Crippen molar-refractivity contribution in [1.82, 2.24) is 20.8 Å². The average Bonchev–Trinajstić information content (AvgIpc) is 3.04. The third-order valence-corrected chi connectivity index (χ3v) is 3.86. The van der Waals surface area contributed by atoms with Crippen LogP contribution in [0, 0.1) is 0 Å². The molecular formula is C15H22N4OS. The molecule has 0 aromatic carbocycles. The highest BCUT2D eigenvalue weighted by Gasteiger charge is 2.19. The van der Waals surface area contributed by atoms with E-state index in [-0.39, 0.29) is 17.5 Å². The van der Waals surface area contributed by atoms with Crippen LogP contribution in [0.15, 0.2) is 23.7 Å². The summed E-state index contributed by atoms with van der Waals surface area (Å²) in [5, 5.41) is 15.4. The number of rotatable bonds is 5. The first kappa shape index (κ1) is 15.7. The molecule has 1 atom stereocenters. The minimum Gasteiger partial charge on any atom is -0.350 e. The Labute approximate surface area is 129 Å². The molecule has 6 heteroatoms. The number of hydrogen-bond acceptors (Lipinski definition) is 4. The van der Waals surface area contributed by atoms with E-state index in [2.05, 4.69) is 26.9 Å². The van der Waals surface area contributed by atoms with Crippen LogP contribution in [-0.2, 0) is 11.3 Å². The topological polar surface area (TPSA) is 69.8 Å². The molecule has 2 aromatic rings. The number of hydrogen-bond donors (Lipinski definition) is 3. The lowest BCUT2D eigenvalue weighted by Crippen LogP contribution is -2.49. The predicted octanol–water partition coefficient (Wildman–Crippen LogP) is 2.53. The number of nitrogens with zero attached hydrogens (tertiary/aromatic N) is 1. The summed E-state index contributed by atoms with van der Waals surface area (Å²) in [5.41, 5.74) is 1.86. The van der Waals surface area contributed by atoms with E-state index in [1.54, 1.807) is 17.5 Å². The summed E-state index contributed by atoms with van der Waals surface area (Å²) in [6, 6.07) is 3.81. The lowest BCUT2D eigenvalue weighted by atomic mass is 10.1. The van der Waals surface area contributed by atoms with Crippen molar-refractivity contribution in [3.8, 4) is 10.6 Å². The summed E-state index contributed by atoms with van der Waals surface area (Å²) < 4.78 is 0. The third-order valence-electron chi connectivity index (χ3n) is 2.98. The maximum absolute atomic E-state index is 12.0. The fraction of sp³-hybridized carbons (Fsp3) is 0.467. The fourth-order valence-electron chi connectivity index (χ4n) is 1.91. The van der Waals surface area contributed by atoms with Gasteiger partial charge in [-0.25, -0.2) is 0 Å². The summed E-state index contributed by atoms with van der Waals surface area (Å²) in [4.78, 5) is 13.2. The zero-order valence-corrected chi connectivity index (χ0v) is 13.7. The van der Waals surface area contributed by atoms with Gasteiger partial charge in [0.15, 0.2) is 0 Å². The molecule has 0 fully saturated rings. The van der Waals surface area contributed by atoms with Crippen molar-refractivity contribution in [2.75, 3.05) is 0 Å². The molecule has 21 heavy (non-hydrogen) atoms. The van der Waals surface area contributed by atoms with Crippen molar-refractivity contribution in [3.63, 3.8) is 0 Å². The maximum Gasteiger partial charge on any atom is 0.237 e. The number of aromatic amines is 1. The highest BCUT2D eigenvalue weighted by molar-refractivity contribution is 7.13. The Bertz CT molecular complexity index is 583. The minimum absolute atomic E-state index is 0.00340. The monoisotopic (exact) mass is 306 g/mol. The number of thiophene rings is 1. The largest absolute Gasteiger partial charge is 0.350 e. The molecule has 3 N–H and O–H groups in total. The van der Waals surface area contributed by atoms with Gasteiger partial charge >= 0.3 is 0 Å². The van der Waals surface area contributed by atoms with Crippen LogP contribution in [0.5, 0.6) is 0 Å². The van der Waals surface area contributed by atoms with Crippen LogP contribution >= 0.6 is 11.3 Å². The van der Waals surface area contributed by atoms with E-state index in [1.165, 1.54) is 0 Å². The van der Waals surface area contributed by atoms with Crippen molar-refractivity contribution in [2.24, 2.45) is 0 Å². The first-order chi connectivity index (χ1) is 9.87. The highest BCUT2D eigenvalue weighted by atomic mass is 32.1. The standard InChI is InChI=1S/C15H22N4OS/c1-10(14(20)18-15(2,3)4)16-8-11-9-17-19-13(11)12-6-5-7-21-12/h5-7,9-10,16H,8H2,1-4H3,(H,17,19)(H,18,20). The van der Waals surface area contributed by atoms with Crippen LogP contribution in [0.3, 0.4) is 0 Å². The molecule has 114 valence electrons. The van der Waals surface area contributed by atoms with Crippen LogP contribution in [0.25, 0.3) is 10.6 Å². The normalized spacial score (nSPS) is 13.1. The second-order valence-corrected chi connectivity index (χ2v) is 7.04. The minimum atomic E-state index is -0.254. The van der Waals surface area contributed by atoms with Crippen molar-refractivity contribution < 1.29 is 4.79 Å². The van der Waals surface area contributed by atoms with Crippen LogP contribution in [0.2, 0.25) is 0 Å². The van der Waals surface area contributed by atoms with Crippen molar-refractivity contribution in [2.45, 2.75) is 45.8 Å². The molecule has 1 unspecified atom stereocenters. The van der Waals surface area contributed by atoms with Crippen LogP contribution in [0.4, 0.5) is 0 Å². The van der Waals surface area contributed by atoms with E-state index < -0.39 is 0 Å². The molecule has 0 aliphatic carbocycles. The number of carbonyl (C=O) groups is 1. The lowest BCUT2D eigenvalue weighted by molar-refractivity contribution is -0.124. The number of aromatic nitrogens is 2. The second kappa shape index (κ2) is 6.41. The van der Waals surface area contributed by atoms with Crippen LogP contribution in [0.1, 0.15) is 33.3 Å². The van der Waals surface area contributed by atoms with E-state index in [0.717, 1.165) is 16.1 Å². The second-order valence-electron chi connectivity index (χ2n) is 6.09. The summed E-state index contributed by atoms with van der Waals surface area (Å²) in [7, 11) is 0. The third kappa shape index (κ3) is 4.41. The summed E-state index contributed by atoms with van der Waals surface area (Å²) in [5.74, 6) is 0.00340. The van der Waals surface area contributed by atoms with Gasteiger partial charge in [-0.2, -0.15) is 5.10 Å².